The molecule has 0 fully saturated rings. The summed E-state index contributed by atoms with van der Waals surface area (Å²) in [4.78, 5) is 2.41. The normalized spacial score (nSPS) is 17.7. The molecule has 5 heteroatoms. The average molecular weight is 294 g/mol. The Morgan fingerprint density at radius 3 is 2.43 bits per heavy atom. The standard InChI is InChI=1S/C16H26N2O3/c1-5-6-7-18-10-12-11(13(18)9-17)8-14(19-2)16(21-4)15(12)20-3/h8,13H,5-7,9-10,17H2,1-4H3. The van der Waals surface area contributed by atoms with Crippen LogP contribution in [0.4, 0.5) is 0 Å². The van der Waals surface area contributed by atoms with Crippen LogP contribution in [0.25, 0.3) is 0 Å². The van der Waals surface area contributed by atoms with Crippen molar-refractivity contribution in [3.05, 3.63) is 17.2 Å². The van der Waals surface area contributed by atoms with Crippen LogP contribution in [0.3, 0.4) is 0 Å². The van der Waals surface area contributed by atoms with Crippen LogP contribution in [0.1, 0.15) is 36.9 Å². The van der Waals surface area contributed by atoms with Gasteiger partial charge in [0.1, 0.15) is 0 Å². The fourth-order valence-corrected chi connectivity index (χ4v) is 3.08. The number of nitrogens with two attached hydrogens (primary N) is 1. The van der Waals surface area contributed by atoms with Crippen molar-refractivity contribution in [2.45, 2.75) is 32.4 Å². The van der Waals surface area contributed by atoms with Gasteiger partial charge in [-0.1, -0.05) is 13.3 Å². The van der Waals surface area contributed by atoms with Crippen molar-refractivity contribution in [2.24, 2.45) is 5.73 Å². The number of benzene rings is 1. The average Bonchev–Trinajstić information content (AvgIpc) is 2.87. The summed E-state index contributed by atoms with van der Waals surface area (Å²) in [6, 6.07) is 2.26. The van der Waals surface area contributed by atoms with E-state index in [9.17, 15) is 0 Å². The molecule has 0 amide bonds. The summed E-state index contributed by atoms with van der Waals surface area (Å²) in [5, 5.41) is 0. The van der Waals surface area contributed by atoms with E-state index in [1.54, 1.807) is 21.3 Å². The molecule has 5 nitrogen and oxygen atoms in total. The van der Waals surface area contributed by atoms with E-state index in [1.807, 2.05) is 6.07 Å². The Hall–Kier alpha value is -1.46. The molecule has 1 aromatic carbocycles. The summed E-state index contributed by atoms with van der Waals surface area (Å²) in [7, 11) is 4.95. The molecule has 118 valence electrons. The quantitative estimate of drug-likeness (QED) is 0.836. The molecular formula is C16H26N2O3. The second-order valence-electron chi connectivity index (χ2n) is 5.29. The zero-order valence-corrected chi connectivity index (χ0v) is 13.4. The van der Waals surface area contributed by atoms with E-state index in [0.717, 1.165) is 18.8 Å². The molecule has 0 saturated carbocycles. The lowest BCUT2D eigenvalue weighted by molar-refractivity contribution is 0.215. The summed E-state index contributed by atoms with van der Waals surface area (Å²) in [6.45, 7) is 4.68. The molecule has 1 unspecified atom stereocenters. The van der Waals surface area contributed by atoms with E-state index in [2.05, 4.69) is 11.8 Å². The predicted molar refractivity (Wildman–Crippen MR) is 83.2 cm³/mol. The number of ether oxygens (including phenoxy) is 3. The molecule has 1 aromatic rings. The zero-order valence-electron chi connectivity index (χ0n) is 13.4. The second-order valence-corrected chi connectivity index (χ2v) is 5.29. The van der Waals surface area contributed by atoms with E-state index in [-0.39, 0.29) is 6.04 Å². The summed E-state index contributed by atoms with van der Waals surface area (Å²) in [5.41, 5.74) is 8.38. The maximum absolute atomic E-state index is 6.01. The van der Waals surface area contributed by atoms with Crippen LogP contribution in [0.2, 0.25) is 0 Å². The molecule has 0 saturated heterocycles. The minimum absolute atomic E-state index is 0.222. The summed E-state index contributed by atoms with van der Waals surface area (Å²) < 4.78 is 16.5. The van der Waals surface area contributed by atoms with Crippen molar-refractivity contribution >= 4 is 0 Å². The van der Waals surface area contributed by atoms with Gasteiger partial charge < -0.3 is 19.9 Å². The summed E-state index contributed by atoms with van der Waals surface area (Å²) >= 11 is 0. The minimum atomic E-state index is 0.222. The van der Waals surface area contributed by atoms with Crippen LogP contribution in [0.5, 0.6) is 17.2 Å². The molecule has 0 radical (unpaired) electrons. The van der Waals surface area contributed by atoms with Crippen LogP contribution in [0.15, 0.2) is 6.07 Å². The van der Waals surface area contributed by atoms with Gasteiger partial charge in [0.2, 0.25) is 5.75 Å². The van der Waals surface area contributed by atoms with Crippen LogP contribution in [0, 0.1) is 0 Å². The van der Waals surface area contributed by atoms with Crippen molar-refractivity contribution in [1.29, 1.82) is 0 Å². The van der Waals surface area contributed by atoms with Gasteiger partial charge >= 0.3 is 0 Å². The predicted octanol–water partition coefficient (Wildman–Crippen LogP) is 2.33. The lowest BCUT2D eigenvalue weighted by Crippen LogP contribution is -2.28. The number of hydrogen-bond donors (Lipinski definition) is 1. The number of unbranched alkanes of at least 4 members (excludes halogenated alkanes) is 1. The molecule has 1 atom stereocenters. The molecule has 0 spiro atoms. The van der Waals surface area contributed by atoms with Gasteiger partial charge in [0, 0.05) is 24.7 Å². The van der Waals surface area contributed by atoms with Crippen LogP contribution >= 0.6 is 0 Å². The van der Waals surface area contributed by atoms with E-state index >= 15 is 0 Å². The largest absolute Gasteiger partial charge is 0.493 e. The number of hydrogen-bond acceptors (Lipinski definition) is 5. The Labute approximate surface area is 127 Å². The molecule has 2 rings (SSSR count). The monoisotopic (exact) mass is 294 g/mol. The molecule has 2 N–H and O–H groups in total. The van der Waals surface area contributed by atoms with Crippen molar-refractivity contribution in [3.8, 4) is 17.2 Å². The second kappa shape index (κ2) is 7.00. The Morgan fingerprint density at radius 2 is 1.90 bits per heavy atom. The molecular weight excluding hydrogens is 268 g/mol. The zero-order chi connectivity index (χ0) is 15.4. The third kappa shape index (κ3) is 2.80. The smallest absolute Gasteiger partial charge is 0.203 e. The molecule has 0 bridgehead atoms. The molecule has 0 aromatic heterocycles. The van der Waals surface area contributed by atoms with Crippen molar-refractivity contribution < 1.29 is 14.2 Å². The van der Waals surface area contributed by atoms with Gasteiger partial charge in [-0.2, -0.15) is 0 Å². The van der Waals surface area contributed by atoms with Gasteiger partial charge in [-0.05, 0) is 24.6 Å². The van der Waals surface area contributed by atoms with Gasteiger partial charge in [-0.3, -0.25) is 4.90 Å². The fraction of sp³-hybridized carbons (Fsp3) is 0.625. The highest BCUT2D eigenvalue weighted by molar-refractivity contribution is 5.61. The molecule has 21 heavy (non-hydrogen) atoms. The maximum atomic E-state index is 6.01. The highest BCUT2D eigenvalue weighted by Gasteiger charge is 2.34. The Morgan fingerprint density at radius 1 is 1.19 bits per heavy atom. The summed E-state index contributed by atoms with van der Waals surface area (Å²) in [6.07, 6.45) is 2.34. The van der Waals surface area contributed by atoms with Crippen molar-refractivity contribution in [2.75, 3.05) is 34.4 Å². The SMILES string of the molecule is CCCCN1Cc2c(cc(OC)c(OC)c2OC)C1CN. The highest BCUT2D eigenvalue weighted by Crippen LogP contribution is 2.48. The lowest BCUT2D eigenvalue weighted by Gasteiger charge is -2.23. The molecule has 1 aliphatic rings. The first-order chi connectivity index (χ1) is 10.2. The molecule has 1 aliphatic heterocycles. The third-order valence-corrected chi connectivity index (χ3v) is 4.15. The van der Waals surface area contributed by atoms with Crippen LogP contribution in [-0.2, 0) is 6.54 Å². The highest BCUT2D eigenvalue weighted by atomic mass is 16.5. The minimum Gasteiger partial charge on any atom is -0.493 e. The van der Waals surface area contributed by atoms with Crippen LogP contribution < -0.4 is 19.9 Å². The first-order valence-corrected chi connectivity index (χ1v) is 7.47. The van der Waals surface area contributed by atoms with E-state index in [4.69, 9.17) is 19.9 Å². The van der Waals surface area contributed by atoms with Gasteiger partial charge in [-0.25, -0.2) is 0 Å². The van der Waals surface area contributed by atoms with E-state index in [1.165, 1.54) is 24.0 Å². The van der Waals surface area contributed by atoms with Crippen molar-refractivity contribution in [3.63, 3.8) is 0 Å². The number of fused-ring (bicyclic) bond motifs is 1. The van der Waals surface area contributed by atoms with Crippen LogP contribution in [-0.4, -0.2) is 39.3 Å². The maximum Gasteiger partial charge on any atom is 0.203 e. The van der Waals surface area contributed by atoms with Gasteiger partial charge in [0.25, 0.3) is 0 Å². The van der Waals surface area contributed by atoms with E-state index < -0.39 is 0 Å². The first kappa shape index (κ1) is 15.9. The summed E-state index contributed by atoms with van der Waals surface area (Å²) in [5.74, 6) is 2.13. The molecule has 1 heterocycles. The Bertz CT molecular complexity index is 491. The van der Waals surface area contributed by atoms with E-state index in [0.29, 0.717) is 18.0 Å². The molecule has 0 aliphatic carbocycles. The number of rotatable bonds is 7. The third-order valence-electron chi connectivity index (χ3n) is 4.15. The fourth-order valence-electron chi connectivity index (χ4n) is 3.08. The number of nitrogens with zero attached hydrogens (tertiary/aromatic N) is 1. The Balaban J connectivity index is 2.46. The first-order valence-electron chi connectivity index (χ1n) is 7.47. The topological polar surface area (TPSA) is 57.0 Å². The van der Waals surface area contributed by atoms with Gasteiger partial charge in [0.05, 0.1) is 21.3 Å². The van der Waals surface area contributed by atoms with Gasteiger partial charge in [0.15, 0.2) is 11.5 Å². The number of methoxy groups -OCH3 is 3. The Kier molecular flexibility index (Phi) is 5.31. The van der Waals surface area contributed by atoms with Gasteiger partial charge in [-0.15, -0.1) is 0 Å². The van der Waals surface area contributed by atoms with Crippen molar-refractivity contribution in [1.82, 2.24) is 4.90 Å². The lowest BCUT2D eigenvalue weighted by atomic mass is 10.0.